The molecule has 6 heteroatoms. The van der Waals surface area contributed by atoms with Crippen LogP contribution in [0.3, 0.4) is 0 Å². The Bertz CT molecular complexity index is 597. The van der Waals surface area contributed by atoms with Gasteiger partial charge in [-0.15, -0.1) is 4.98 Å². The molecule has 0 N–H and O–H groups in total. The van der Waals surface area contributed by atoms with Crippen LogP contribution in [0.1, 0.15) is 5.56 Å². The second-order valence-electron chi connectivity index (χ2n) is 3.44. The maximum atomic E-state index is 12.4. The van der Waals surface area contributed by atoms with Crippen molar-refractivity contribution in [3.63, 3.8) is 0 Å². The lowest BCUT2D eigenvalue weighted by atomic mass is 10.1. The van der Waals surface area contributed by atoms with Gasteiger partial charge in [-0.25, -0.2) is 0 Å². The molecule has 2 rings (SSSR count). The van der Waals surface area contributed by atoms with Gasteiger partial charge in [0.15, 0.2) is 0 Å². The fourth-order valence-electron chi connectivity index (χ4n) is 1.37. The van der Waals surface area contributed by atoms with Gasteiger partial charge in [0.05, 0.1) is 11.3 Å². The Labute approximate surface area is 101 Å². The molecule has 18 heavy (non-hydrogen) atoms. The predicted octanol–water partition coefficient (Wildman–Crippen LogP) is 3.71. The monoisotopic (exact) mass is 249 g/mol. The second-order valence-corrected chi connectivity index (χ2v) is 3.44. The lowest BCUT2D eigenvalue weighted by Crippen LogP contribution is -2.05. The summed E-state index contributed by atoms with van der Waals surface area (Å²) in [6, 6.07) is 5.29. The molecular weight excluding hydrogens is 243 g/mol. The van der Waals surface area contributed by atoms with E-state index in [0.717, 1.165) is 12.3 Å². The molecule has 2 aromatic rings. The van der Waals surface area contributed by atoms with Crippen LogP contribution >= 0.6 is 0 Å². The van der Waals surface area contributed by atoms with Crippen LogP contribution in [0.25, 0.3) is 16.1 Å². The molecule has 0 fully saturated rings. The van der Waals surface area contributed by atoms with Crippen LogP contribution in [-0.4, -0.2) is 9.97 Å². The van der Waals surface area contributed by atoms with Crippen LogP contribution < -0.4 is 0 Å². The van der Waals surface area contributed by atoms with E-state index >= 15 is 0 Å². The summed E-state index contributed by atoms with van der Waals surface area (Å²) in [6.45, 7) is 6.81. The lowest BCUT2D eigenvalue weighted by Gasteiger charge is -2.06. The van der Waals surface area contributed by atoms with E-state index < -0.39 is 11.7 Å². The van der Waals surface area contributed by atoms with Crippen molar-refractivity contribution in [2.24, 2.45) is 0 Å². The molecule has 0 saturated carbocycles. The first-order chi connectivity index (χ1) is 8.50. The number of alkyl halides is 3. The molecule has 0 aliphatic rings. The number of halogens is 3. The van der Waals surface area contributed by atoms with Gasteiger partial charge in [-0.2, -0.15) is 13.2 Å². The smallest absolute Gasteiger partial charge is 0.361 e. The van der Waals surface area contributed by atoms with Gasteiger partial charge in [0.1, 0.15) is 6.20 Å². The Hall–Kier alpha value is -2.42. The zero-order chi connectivity index (χ0) is 13.2. The summed E-state index contributed by atoms with van der Waals surface area (Å²) < 4.78 is 37.1. The molecule has 3 nitrogen and oxygen atoms in total. The van der Waals surface area contributed by atoms with Crippen LogP contribution in [0.5, 0.6) is 0 Å². The van der Waals surface area contributed by atoms with Crippen molar-refractivity contribution in [2.75, 3.05) is 0 Å². The maximum Gasteiger partial charge on any atom is 0.417 e. The van der Waals surface area contributed by atoms with Crippen molar-refractivity contribution in [3.05, 3.63) is 53.6 Å². The predicted molar refractivity (Wildman–Crippen MR) is 58.7 cm³/mol. The highest BCUT2D eigenvalue weighted by atomic mass is 19.4. The minimum absolute atomic E-state index is 0.175. The summed E-state index contributed by atoms with van der Waals surface area (Å²) in [6.07, 6.45) is -2.21. The zero-order valence-electron chi connectivity index (χ0n) is 8.94. The molecule has 0 bridgehead atoms. The van der Waals surface area contributed by atoms with Crippen LogP contribution in [0.15, 0.2) is 36.7 Å². The summed E-state index contributed by atoms with van der Waals surface area (Å²) in [5.41, 5.74) is 0.130. The van der Waals surface area contributed by atoms with E-state index in [4.69, 9.17) is 6.57 Å². The van der Waals surface area contributed by atoms with Gasteiger partial charge >= 0.3 is 6.18 Å². The molecule has 0 aliphatic carbocycles. The Morgan fingerprint density at radius 3 is 2.44 bits per heavy atom. The standard InChI is InChI=1S/C12H6F3N3/c1-16-11-6-8(4-5-17-11)10-3-2-9(7-18-10)12(13,14)15/h2-7H. The molecule has 0 aliphatic heterocycles. The molecule has 0 amide bonds. The first kappa shape index (κ1) is 12.0. The average Bonchev–Trinajstić information content (AvgIpc) is 2.38. The van der Waals surface area contributed by atoms with E-state index in [1.807, 2.05) is 0 Å². The highest BCUT2D eigenvalue weighted by molar-refractivity contribution is 5.62. The fourth-order valence-corrected chi connectivity index (χ4v) is 1.37. The van der Waals surface area contributed by atoms with Crippen molar-refractivity contribution >= 4 is 5.82 Å². The summed E-state index contributed by atoms with van der Waals surface area (Å²) in [5, 5.41) is 0. The fraction of sp³-hybridized carbons (Fsp3) is 0.0833. The highest BCUT2D eigenvalue weighted by Gasteiger charge is 2.30. The Morgan fingerprint density at radius 2 is 1.89 bits per heavy atom. The van der Waals surface area contributed by atoms with Crippen LogP contribution in [-0.2, 0) is 6.18 Å². The molecule has 0 spiro atoms. The molecule has 0 saturated heterocycles. The summed E-state index contributed by atoms with van der Waals surface area (Å²) >= 11 is 0. The highest BCUT2D eigenvalue weighted by Crippen LogP contribution is 2.30. The Balaban J connectivity index is 2.38. The molecule has 0 aromatic carbocycles. The van der Waals surface area contributed by atoms with Crippen molar-refractivity contribution in [1.82, 2.24) is 9.97 Å². The number of aromatic nitrogens is 2. The minimum atomic E-state index is -4.40. The van der Waals surface area contributed by atoms with Gasteiger partial charge in [-0.05, 0) is 29.8 Å². The number of hydrogen-bond acceptors (Lipinski definition) is 2. The van der Waals surface area contributed by atoms with Crippen molar-refractivity contribution in [1.29, 1.82) is 0 Å². The average molecular weight is 249 g/mol. The lowest BCUT2D eigenvalue weighted by molar-refractivity contribution is -0.137. The third-order valence-corrected chi connectivity index (χ3v) is 2.25. The largest absolute Gasteiger partial charge is 0.417 e. The van der Waals surface area contributed by atoms with E-state index in [0.29, 0.717) is 11.3 Å². The van der Waals surface area contributed by atoms with Crippen LogP contribution in [0.2, 0.25) is 0 Å². The van der Waals surface area contributed by atoms with Gasteiger partial charge in [-0.1, -0.05) is 6.57 Å². The number of nitrogens with zero attached hydrogens (tertiary/aromatic N) is 3. The van der Waals surface area contributed by atoms with Gasteiger partial charge in [0.25, 0.3) is 5.82 Å². The number of pyridine rings is 2. The quantitative estimate of drug-likeness (QED) is 0.721. The zero-order valence-corrected chi connectivity index (χ0v) is 8.94. The first-order valence-corrected chi connectivity index (χ1v) is 4.88. The third kappa shape index (κ3) is 2.46. The SMILES string of the molecule is [C-]#[N+]c1cc(-c2ccc(C(F)(F)F)cn2)ccn1. The molecule has 0 atom stereocenters. The van der Waals surface area contributed by atoms with Gasteiger partial charge in [-0.3, -0.25) is 4.98 Å². The summed E-state index contributed by atoms with van der Waals surface area (Å²) in [4.78, 5) is 10.7. The molecule has 2 heterocycles. The Kier molecular flexibility index (Phi) is 2.98. The third-order valence-electron chi connectivity index (χ3n) is 2.25. The van der Waals surface area contributed by atoms with Crippen molar-refractivity contribution in [2.45, 2.75) is 6.18 Å². The van der Waals surface area contributed by atoms with E-state index in [-0.39, 0.29) is 5.82 Å². The number of hydrogen-bond donors (Lipinski definition) is 0. The van der Waals surface area contributed by atoms with E-state index in [1.54, 1.807) is 6.07 Å². The number of rotatable bonds is 1. The van der Waals surface area contributed by atoms with Gasteiger partial charge < -0.3 is 4.85 Å². The van der Waals surface area contributed by atoms with Crippen molar-refractivity contribution in [3.8, 4) is 11.3 Å². The first-order valence-electron chi connectivity index (χ1n) is 4.88. The topological polar surface area (TPSA) is 30.1 Å². The normalized spacial score (nSPS) is 11.0. The summed E-state index contributed by atoms with van der Waals surface area (Å²) in [5.74, 6) is 0.175. The van der Waals surface area contributed by atoms with Gasteiger partial charge in [0.2, 0.25) is 0 Å². The van der Waals surface area contributed by atoms with Gasteiger partial charge in [0, 0.05) is 6.20 Å². The van der Waals surface area contributed by atoms with Crippen LogP contribution in [0.4, 0.5) is 19.0 Å². The maximum absolute atomic E-state index is 12.4. The van der Waals surface area contributed by atoms with E-state index in [9.17, 15) is 13.2 Å². The van der Waals surface area contributed by atoms with E-state index in [1.165, 1.54) is 18.3 Å². The molecule has 90 valence electrons. The summed E-state index contributed by atoms with van der Waals surface area (Å²) in [7, 11) is 0. The molecule has 0 unspecified atom stereocenters. The second kappa shape index (κ2) is 4.45. The van der Waals surface area contributed by atoms with Crippen LogP contribution in [0, 0.1) is 6.57 Å². The van der Waals surface area contributed by atoms with E-state index in [2.05, 4.69) is 14.8 Å². The molecule has 2 aromatic heterocycles. The van der Waals surface area contributed by atoms with Crippen molar-refractivity contribution < 1.29 is 13.2 Å². The minimum Gasteiger partial charge on any atom is -0.361 e. The molecule has 0 radical (unpaired) electrons. The Morgan fingerprint density at radius 1 is 1.11 bits per heavy atom. The molecular formula is C12H6F3N3.